The van der Waals surface area contributed by atoms with Crippen molar-refractivity contribution in [2.75, 3.05) is 6.54 Å². The average molecular weight is 234 g/mol. The molecule has 1 amide bonds. The van der Waals surface area contributed by atoms with Crippen molar-refractivity contribution >= 4 is 5.91 Å². The molecule has 1 rings (SSSR count). The molecule has 0 bridgehead atoms. The second-order valence-corrected chi connectivity index (χ2v) is 5.00. The Bertz CT molecular complexity index is 360. The fourth-order valence-electron chi connectivity index (χ4n) is 1.65. The summed E-state index contributed by atoms with van der Waals surface area (Å²) in [6.07, 6.45) is 0.985. The maximum atomic E-state index is 11.2. The quantitative estimate of drug-likeness (QED) is 0.793. The fourth-order valence-corrected chi connectivity index (χ4v) is 1.65. The third kappa shape index (κ3) is 3.86. The SMILES string of the molecule is CCC(NCC(C)(C)C(N)=O)c1ccccc1. The van der Waals surface area contributed by atoms with E-state index >= 15 is 0 Å². The summed E-state index contributed by atoms with van der Waals surface area (Å²) in [4.78, 5) is 11.2. The molecule has 0 saturated carbocycles. The van der Waals surface area contributed by atoms with E-state index in [2.05, 4.69) is 24.4 Å². The Balaban J connectivity index is 2.63. The van der Waals surface area contributed by atoms with Crippen LogP contribution in [0.2, 0.25) is 0 Å². The van der Waals surface area contributed by atoms with Crippen LogP contribution in [-0.2, 0) is 4.79 Å². The molecule has 1 aromatic carbocycles. The van der Waals surface area contributed by atoms with Crippen molar-refractivity contribution < 1.29 is 4.79 Å². The molecule has 0 aliphatic heterocycles. The molecule has 0 heterocycles. The molecule has 1 aromatic rings. The van der Waals surface area contributed by atoms with Crippen LogP contribution in [-0.4, -0.2) is 12.5 Å². The Hall–Kier alpha value is -1.35. The molecule has 0 saturated heterocycles. The fraction of sp³-hybridized carbons (Fsp3) is 0.500. The summed E-state index contributed by atoms with van der Waals surface area (Å²) in [5.74, 6) is -0.270. The molecule has 0 aromatic heterocycles. The maximum absolute atomic E-state index is 11.2. The number of benzene rings is 1. The first-order valence-electron chi connectivity index (χ1n) is 6.05. The van der Waals surface area contributed by atoms with E-state index in [4.69, 9.17) is 5.73 Å². The van der Waals surface area contributed by atoms with Crippen LogP contribution in [0.3, 0.4) is 0 Å². The number of rotatable bonds is 6. The lowest BCUT2D eigenvalue weighted by Crippen LogP contribution is -2.41. The standard InChI is InChI=1S/C14H22N2O/c1-4-12(11-8-6-5-7-9-11)16-10-14(2,3)13(15)17/h5-9,12,16H,4,10H2,1-3H3,(H2,15,17). The summed E-state index contributed by atoms with van der Waals surface area (Å²) < 4.78 is 0. The van der Waals surface area contributed by atoms with E-state index in [1.54, 1.807) is 0 Å². The lowest BCUT2D eigenvalue weighted by atomic mass is 9.91. The molecule has 1 unspecified atom stereocenters. The molecule has 17 heavy (non-hydrogen) atoms. The van der Waals surface area contributed by atoms with Crippen molar-refractivity contribution in [3.63, 3.8) is 0 Å². The summed E-state index contributed by atoms with van der Waals surface area (Å²) in [5, 5.41) is 3.41. The summed E-state index contributed by atoms with van der Waals surface area (Å²) in [5.41, 5.74) is 6.09. The number of carbonyl (C=O) groups excluding carboxylic acids is 1. The third-order valence-electron chi connectivity index (χ3n) is 3.07. The zero-order chi connectivity index (χ0) is 12.9. The molecule has 0 fully saturated rings. The van der Waals surface area contributed by atoms with E-state index in [1.807, 2.05) is 32.0 Å². The van der Waals surface area contributed by atoms with Crippen LogP contribution in [0.15, 0.2) is 30.3 Å². The van der Waals surface area contributed by atoms with Gasteiger partial charge in [-0.25, -0.2) is 0 Å². The van der Waals surface area contributed by atoms with E-state index in [0.29, 0.717) is 6.54 Å². The van der Waals surface area contributed by atoms with Crippen LogP contribution in [0, 0.1) is 5.41 Å². The summed E-state index contributed by atoms with van der Waals surface area (Å²) in [6, 6.07) is 10.5. The van der Waals surface area contributed by atoms with Crippen LogP contribution in [0.1, 0.15) is 38.8 Å². The first kappa shape index (κ1) is 13.7. The molecule has 3 N–H and O–H groups in total. The normalized spacial score (nSPS) is 13.4. The third-order valence-corrected chi connectivity index (χ3v) is 3.07. The highest BCUT2D eigenvalue weighted by molar-refractivity contribution is 5.80. The zero-order valence-electron chi connectivity index (χ0n) is 10.9. The number of hydrogen-bond donors (Lipinski definition) is 2. The minimum Gasteiger partial charge on any atom is -0.369 e. The average Bonchev–Trinajstić information content (AvgIpc) is 2.31. The van der Waals surface area contributed by atoms with Crippen molar-refractivity contribution in [1.82, 2.24) is 5.32 Å². The maximum Gasteiger partial charge on any atom is 0.224 e. The van der Waals surface area contributed by atoms with E-state index in [9.17, 15) is 4.79 Å². The van der Waals surface area contributed by atoms with E-state index in [0.717, 1.165) is 6.42 Å². The Kier molecular flexibility index (Phi) is 4.70. The molecule has 1 atom stereocenters. The van der Waals surface area contributed by atoms with Gasteiger partial charge in [-0.05, 0) is 25.8 Å². The Morgan fingerprint density at radius 3 is 2.41 bits per heavy atom. The molecule has 3 nitrogen and oxygen atoms in total. The predicted molar refractivity (Wildman–Crippen MR) is 70.5 cm³/mol. The lowest BCUT2D eigenvalue weighted by Gasteiger charge is -2.25. The number of nitrogens with one attached hydrogen (secondary N) is 1. The van der Waals surface area contributed by atoms with Crippen molar-refractivity contribution in [3.05, 3.63) is 35.9 Å². The topological polar surface area (TPSA) is 55.1 Å². The van der Waals surface area contributed by atoms with Crippen LogP contribution in [0.4, 0.5) is 0 Å². The van der Waals surface area contributed by atoms with Gasteiger partial charge in [0.1, 0.15) is 0 Å². The van der Waals surface area contributed by atoms with Gasteiger partial charge in [0.05, 0.1) is 5.41 Å². The van der Waals surface area contributed by atoms with Crippen molar-refractivity contribution in [3.8, 4) is 0 Å². The summed E-state index contributed by atoms with van der Waals surface area (Å²) in [6.45, 7) is 6.44. The zero-order valence-corrected chi connectivity index (χ0v) is 10.9. The van der Waals surface area contributed by atoms with Gasteiger partial charge < -0.3 is 11.1 Å². The molecule has 0 spiro atoms. The number of hydrogen-bond acceptors (Lipinski definition) is 2. The minimum absolute atomic E-state index is 0.270. The van der Waals surface area contributed by atoms with E-state index in [1.165, 1.54) is 5.56 Å². The Morgan fingerprint density at radius 1 is 1.35 bits per heavy atom. The lowest BCUT2D eigenvalue weighted by molar-refractivity contribution is -0.125. The minimum atomic E-state index is -0.512. The van der Waals surface area contributed by atoms with Gasteiger partial charge in [-0.3, -0.25) is 4.79 Å². The van der Waals surface area contributed by atoms with Crippen LogP contribution < -0.4 is 11.1 Å². The highest BCUT2D eigenvalue weighted by atomic mass is 16.1. The molecule has 0 aliphatic carbocycles. The van der Waals surface area contributed by atoms with E-state index < -0.39 is 5.41 Å². The number of primary amides is 1. The highest BCUT2D eigenvalue weighted by Gasteiger charge is 2.25. The molecule has 0 aliphatic rings. The van der Waals surface area contributed by atoms with Gasteiger partial charge in [0.2, 0.25) is 5.91 Å². The van der Waals surface area contributed by atoms with Gasteiger partial charge in [-0.15, -0.1) is 0 Å². The smallest absolute Gasteiger partial charge is 0.224 e. The van der Waals surface area contributed by atoms with Gasteiger partial charge in [-0.2, -0.15) is 0 Å². The molecule has 94 valence electrons. The molecular formula is C14H22N2O. The number of carbonyl (C=O) groups is 1. The predicted octanol–water partition coefficient (Wildman–Crippen LogP) is 2.24. The van der Waals surface area contributed by atoms with Gasteiger partial charge in [0.25, 0.3) is 0 Å². The van der Waals surface area contributed by atoms with Crippen LogP contribution >= 0.6 is 0 Å². The van der Waals surface area contributed by atoms with Gasteiger partial charge in [-0.1, -0.05) is 37.3 Å². The first-order chi connectivity index (χ1) is 7.97. The van der Waals surface area contributed by atoms with Crippen molar-refractivity contribution in [2.24, 2.45) is 11.1 Å². The van der Waals surface area contributed by atoms with Crippen molar-refractivity contribution in [2.45, 2.75) is 33.2 Å². The monoisotopic (exact) mass is 234 g/mol. The molecule has 0 radical (unpaired) electrons. The number of amides is 1. The van der Waals surface area contributed by atoms with Gasteiger partial charge >= 0.3 is 0 Å². The van der Waals surface area contributed by atoms with E-state index in [-0.39, 0.29) is 11.9 Å². The second-order valence-electron chi connectivity index (χ2n) is 5.00. The van der Waals surface area contributed by atoms with Gasteiger partial charge in [0, 0.05) is 12.6 Å². The van der Waals surface area contributed by atoms with Crippen molar-refractivity contribution in [1.29, 1.82) is 0 Å². The van der Waals surface area contributed by atoms with Crippen LogP contribution in [0.25, 0.3) is 0 Å². The summed E-state index contributed by atoms with van der Waals surface area (Å²) >= 11 is 0. The summed E-state index contributed by atoms with van der Waals surface area (Å²) in [7, 11) is 0. The Morgan fingerprint density at radius 2 is 1.94 bits per heavy atom. The first-order valence-corrected chi connectivity index (χ1v) is 6.05. The largest absolute Gasteiger partial charge is 0.369 e. The Labute approximate surface area is 103 Å². The highest BCUT2D eigenvalue weighted by Crippen LogP contribution is 2.19. The molecule has 3 heteroatoms. The van der Waals surface area contributed by atoms with Gasteiger partial charge in [0.15, 0.2) is 0 Å². The molecular weight excluding hydrogens is 212 g/mol. The van der Waals surface area contributed by atoms with Crippen LogP contribution in [0.5, 0.6) is 0 Å². The number of nitrogens with two attached hydrogens (primary N) is 1. The second kappa shape index (κ2) is 5.82.